The van der Waals surface area contributed by atoms with Gasteiger partial charge in [0.05, 0.1) is 0 Å². The number of nitrogens with one attached hydrogen (secondary N) is 1. The van der Waals surface area contributed by atoms with Crippen LogP contribution in [0.15, 0.2) is 12.3 Å². The summed E-state index contributed by atoms with van der Waals surface area (Å²) in [6, 6.07) is 0.858. The van der Waals surface area contributed by atoms with E-state index in [0.717, 1.165) is 29.8 Å². The Bertz CT molecular complexity index is 667. The fourth-order valence-electron chi connectivity index (χ4n) is 3.27. The lowest BCUT2D eigenvalue weighted by Gasteiger charge is -2.40. The van der Waals surface area contributed by atoms with Gasteiger partial charge in [0.25, 0.3) is 0 Å². The van der Waals surface area contributed by atoms with Crippen molar-refractivity contribution in [2.24, 2.45) is 11.3 Å². The van der Waals surface area contributed by atoms with E-state index < -0.39 is 11.9 Å². The summed E-state index contributed by atoms with van der Waals surface area (Å²) in [6.07, 6.45) is -1.82. The van der Waals surface area contributed by atoms with Crippen molar-refractivity contribution in [3.05, 3.63) is 18.0 Å². The maximum atomic E-state index is 12.6. The minimum absolute atomic E-state index is 0.0769. The van der Waals surface area contributed by atoms with E-state index in [1.165, 1.54) is 0 Å². The molecule has 152 valence electrons. The van der Waals surface area contributed by atoms with Gasteiger partial charge in [0, 0.05) is 25.8 Å². The molecular weight excluding hydrogens is 385 g/mol. The molecule has 0 atom stereocenters. The average Bonchev–Trinajstić information content (AvgIpc) is 3.08. The van der Waals surface area contributed by atoms with Gasteiger partial charge in [0.1, 0.15) is 12.4 Å². The van der Waals surface area contributed by atoms with E-state index in [1.54, 1.807) is 4.90 Å². The molecule has 27 heavy (non-hydrogen) atoms. The third kappa shape index (κ3) is 5.85. The molecule has 0 radical (unpaired) electrons. The highest BCUT2D eigenvalue weighted by molar-refractivity contribution is 6.27. The zero-order chi connectivity index (χ0) is 20.2. The van der Waals surface area contributed by atoms with Crippen LogP contribution in [0.4, 0.5) is 13.2 Å². The van der Waals surface area contributed by atoms with Crippen LogP contribution in [0.5, 0.6) is 0 Å². The van der Waals surface area contributed by atoms with E-state index in [4.69, 9.17) is 11.6 Å². The summed E-state index contributed by atoms with van der Waals surface area (Å²) >= 11 is 5.49. The van der Waals surface area contributed by atoms with Crippen molar-refractivity contribution in [1.29, 1.82) is 0 Å². The second kappa shape index (κ2) is 8.50. The highest BCUT2D eigenvalue weighted by Gasteiger charge is 2.35. The van der Waals surface area contributed by atoms with E-state index in [9.17, 15) is 22.8 Å². The minimum Gasteiger partial charge on any atom is -0.355 e. The SMILES string of the molecule is CC(C)(CNC(=O)CCl)C1CCN(C(=O)Cn2ccc(C(F)(F)F)n2)CC1. The van der Waals surface area contributed by atoms with Crippen LogP contribution < -0.4 is 5.32 Å². The Balaban J connectivity index is 1.85. The van der Waals surface area contributed by atoms with Crippen LogP contribution in [0.2, 0.25) is 0 Å². The molecular formula is C17H24ClF3N4O2. The maximum Gasteiger partial charge on any atom is 0.435 e. The third-order valence-corrected chi connectivity index (χ3v) is 5.29. The molecule has 0 saturated carbocycles. The molecule has 6 nitrogen and oxygen atoms in total. The maximum absolute atomic E-state index is 12.6. The number of carbonyl (C=O) groups is 2. The van der Waals surface area contributed by atoms with Crippen molar-refractivity contribution in [3.63, 3.8) is 0 Å². The van der Waals surface area contributed by atoms with E-state index >= 15 is 0 Å². The quantitative estimate of drug-likeness (QED) is 0.735. The lowest BCUT2D eigenvalue weighted by atomic mass is 9.73. The summed E-state index contributed by atoms with van der Waals surface area (Å²) in [4.78, 5) is 25.3. The van der Waals surface area contributed by atoms with E-state index in [2.05, 4.69) is 24.3 Å². The monoisotopic (exact) mass is 408 g/mol. The molecule has 1 aliphatic rings. The fraction of sp³-hybridized carbons (Fsp3) is 0.706. The summed E-state index contributed by atoms with van der Waals surface area (Å²) in [6.45, 7) is 5.48. The number of rotatable bonds is 6. The van der Waals surface area contributed by atoms with Crippen molar-refractivity contribution in [2.45, 2.75) is 39.4 Å². The zero-order valence-electron chi connectivity index (χ0n) is 15.4. The van der Waals surface area contributed by atoms with E-state index in [0.29, 0.717) is 25.6 Å². The topological polar surface area (TPSA) is 67.2 Å². The first-order valence-corrected chi connectivity index (χ1v) is 9.27. The van der Waals surface area contributed by atoms with Crippen LogP contribution >= 0.6 is 11.6 Å². The molecule has 0 aliphatic carbocycles. The van der Waals surface area contributed by atoms with Crippen molar-refractivity contribution in [3.8, 4) is 0 Å². The summed E-state index contributed by atoms with van der Waals surface area (Å²) in [5.41, 5.74) is -1.14. The summed E-state index contributed by atoms with van der Waals surface area (Å²) in [5, 5.41) is 6.21. The molecule has 10 heteroatoms. The molecule has 0 aromatic carbocycles. The Morgan fingerprint density at radius 1 is 1.30 bits per heavy atom. The first-order valence-electron chi connectivity index (χ1n) is 8.74. The van der Waals surface area contributed by atoms with Gasteiger partial charge in [-0.05, 0) is 30.2 Å². The third-order valence-electron chi connectivity index (χ3n) is 5.04. The number of carbonyl (C=O) groups excluding carboxylic acids is 2. The highest BCUT2D eigenvalue weighted by atomic mass is 35.5. The number of likely N-dealkylation sites (tertiary alicyclic amines) is 1. The number of aromatic nitrogens is 2. The number of alkyl halides is 4. The second-order valence-electron chi connectivity index (χ2n) is 7.45. The first kappa shape index (κ1) is 21.5. The zero-order valence-corrected chi connectivity index (χ0v) is 16.1. The number of hydrogen-bond acceptors (Lipinski definition) is 3. The van der Waals surface area contributed by atoms with Gasteiger partial charge in [0.2, 0.25) is 11.8 Å². The van der Waals surface area contributed by atoms with Gasteiger partial charge in [0.15, 0.2) is 5.69 Å². The summed E-state index contributed by atoms with van der Waals surface area (Å²) < 4.78 is 38.8. The standard InChI is InChI=1S/C17H24ClF3N4O2/c1-16(2,11-22-14(26)9-18)12-3-6-24(7-4-12)15(27)10-25-8-5-13(23-25)17(19,20)21/h5,8,12H,3-4,6-7,9-11H2,1-2H3,(H,22,26). The van der Waals surface area contributed by atoms with E-state index in [-0.39, 0.29) is 29.7 Å². The van der Waals surface area contributed by atoms with Crippen LogP contribution in [-0.2, 0) is 22.3 Å². The lowest BCUT2D eigenvalue weighted by Crippen LogP contribution is -2.46. The molecule has 1 aromatic heterocycles. The molecule has 1 aliphatic heterocycles. The molecule has 0 spiro atoms. The van der Waals surface area contributed by atoms with Crippen LogP contribution in [-0.4, -0.2) is 52.0 Å². The van der Waals surface area contributed by atoms with Crippen molar-refractivity contribution < 1.29 is 22.8 Å². The van der Waals surface area contributed by atoms with E-state index in [1.807, 2.05) is 0 Å². The van der Waals surface area contributed by atoms with Gasteiger partial charge in [-0.25, -0.2) is 0 Å². The smallest absolute Gasteiger partial charge is 0.355 e. The number of nitrogens with zero attached hydrogens (tertiary/aromatic N) is 3. The molecule has 1 saturated heterocycles. The van der Waals surface area contributed by atoms with Gasteiger partial charge < -0.3 is 10.2 Å². The van der Waals surface area contributed by atoms with Crippen LogP contribution in [0, 0.1) is 11.3 Å². The number of amides is 2. The second-order valence-corrected chi connectivity index (χ2v) is 7.72. The van der Waals surface area contributed by atoms with Gasteiger partial charge in [-0.2, -0.15) is 18.3 Å². The largest absolute Gasteiger partial charge is 0.435 e. The molecule has 1 fully saturated rings. The average molecular weight is 409 g/mol. The molecule has 0 unspecified atom stereocenters. The molecule has 1 aromatic rings. The molecule has 2 rings (SSSR count). The number of piperidine rings is 1. The fourth-order valence-corrected chi connectivity index (χ4v) is 3.36. The summed E-state index contributed by atoms with van der Waals surface area (Å²) in [5.74, 6) is -0.223. The molecule has 2 heterocycles. The minimum atomic E-state index is -4.52. The van der Waals surface area contributed by atoms with Crippen LogP contribution in [0.25, 0.3) is 0 Å². The number of halogens is 4. The van der Waals surface area contributed by atoms with Crippen molar-refractivity contribution in [2.75, 3.05) is 25.5 Å². The van der Waals surface area contributed by atoms with Crippen LogP contribution in [0.1, 0.15) is 32.4 Å². The Labute approximate surface area is 161 Å². The highest BCUT2D eigenvalue weighted by Crippen LogP contribution is 2.34. The van der Waals surface area contributed by atoms with Crippen molar-refractivity contribution in [1.82, 2.24) is 20.0 Å². The Kier molecular flexibility index (Phi) is 6.77. The van der Waals surface area contributed by atoms with Crippen LogP contribution in [0.3, 0.4) is 0 Å². The van der Waals surface area contributed by atoms with Gasteiger partial charge in [-0.3, -0.25) is 14.3 Å². The lowest BCUT2D eigenvalue weighted by molar-refractivity contribution is -0.142. The summed E-state index contributed by atoms with van der Waals surface area (Å²) in [7, 11) is 0. The predicted octanol–water partition coefficient (Wildman–Crippen LogP) is 2.52. The molecule has 1 N–H and O–H groups in total. The Morgan fingerprint density at radius 3 is 2.44 bits per heavy atom. The predicted molar refractivity (Wildman–Crippen MR) is 94.0 cm³/mol. The molecule has 0 bridgehead atoms. The first-order chi connectivity index (χ1) is 12.5. The van der Waals surface area contributed by atoms with Gasteiger partial charge in [-0.15, -0.1) is 11.6 Å². The Morgan fingerprint density at radius 2 is 1.93 bits per heavy atom. The van der Waals surface area contributed by atoms with Gasteiger partial charge >= 0.3 is 6.18 Å². The normalized spacial score (nSPS) is 16.4. The van der Waals surface area contributed by atoms with Crippen molar-refractivity contribution >= 4 is 23.4 Å². The number of hydrogen-bond donors (Lipinski definition) is 1. The molecule has 2 amide bonds. The van der Waals surface area contributed by atoms with Gasteiger partial charge in [-0.1, -0.05) is 13.8 Å². The Hall–Kier alpha value is -1.77.